The van der Waals surface area contributed by atoms with Crippen LogP contribution in [0.15, 0.2) is 18.2 Å². The molecule has 1 atom stereocenters. The van der Waals surface area contributed by atoms with Gasteiger partial charge in [-0.15, -0.1) is 0 Å². The highest BCUT2D eigenvalue weighted by molar-refractivity contribution is 5.39. The molecule has 0 spiro atoms. The highest BCUT2D eigenvalue weighted by Crippen LogP contribution is 2.22. The number of nitrogens with one attached hydrogen (secondary N) is 1. The number of benzene rings is 1. The van der Waals surface area contributed by atoms with Gasteiger partial charge in [-0.3, -0.25) is 0 Å². The van der Waals surface area contributed by atoms with Crippen molar-refractivity contribution in [2.75, 3.05) is 6.61 Å². The molecule has 1 aromatic rings. The van der Waals surface area contributed by atoms with Gasteiger partial charge in [0.25, 0.3) is 0 Å². The standard InChI is InChI=1S/C11H17NO2/c1-8-5-4-6-9(2)11(8)14-7-10(3)12-13/h4-6,10,12-13H,7H2,1-3H3. The van der Waals surface area contributed by atoms with Gasteiger partial charge in [0, 0.05) is 0 Å². The molecule has 0 fully saturated rings. The lowest BCUT2D eigenvalue weighted by Gasteiger charge is -2.14. The number of aryl methyl sites for hydroxylation is 2. The highest BCUT2D eigenvalue weighted by Gasteiger charge is 2.05. The van der Waals surface area contributed by atoms with Crippen molar-refractivity contribution in [1.82, 2.24) is 5.48 Å². The van der Waals surface area contributed by atoms with Crippen LogP contribution in [0.1, 0.15) is 18.1 Å². The highest BCUT2D eigenvalue weighted by atomic mass is 16.5. The Morgan fingerprint density at radius 1 is 1.36 bits per heavy atom. The van der Waals surface area contributed by atoms with Crippen LogP contribution >= 0.6 is 0 Å². The molecule has 0 aliphatic heterocycles. The van der Waals surface area contributed by atoms with E-state index in [0.29, 0.717) is 6.61 Å². The zero-order valence-electron chi connectivity index (χ0n) is 8.87. The molecule has 1 rings (SSSR count). The molecule has 3 nitrogen and oxygen atoms in total. The predicted molar refractivity (Wildman–Crippen MR) is 55.8 cm³/mol. The maximum absolute atomic E-state index is 8.62. The molecule has 0 aromatic heterocycles. The molecule has 0 saturated heterocycles. The summed E-state index contributed by atoms with van der Waals surface area (Å²) in [5.41, 5.74) is 4.39. The average Bonchev–Trinajstić information content (AvgIpc) is 2.16. The van der Waals surface area contributed by atoms with E-state index >= 15 is 0 Å². The van der Waals surface area contributed by atoms with Gasteiger partial charge >= 0.3 is 0 Å². The van der Waals surface area contributed by atoms with Gasteiger partial charge in [-0.05, 0) is 31.9 Å². The summed E-state index contributed by atoms with van der Waals surface area (Å²) in [6, 6.07) is 5.97. The first-order valence-corrected chi connectivity index (χ1v) is 4.73. The number of hydrogen-bond acceptors (Lipinski definition) is 3. The Labute approximate surface area is 84.7 Å². The van der Waals surface area contributed by atoms with Crippen LogP contribution in [0.5, 0.6) is 5.75 Å². The lowest BCUT2D eigenvalue weighted by Crippen LogP contribution is -2.28. The fourth-order valence-corrected chi connectivity index (χ4v) is 1.27. The minimum Gasteiger partial charge on any atom is -0.491 e. The largest absolute Gasteiger partial charge is 0.491 e. The number of ether oxygens (including phenoxy) is 1. The van der Waals surface area contributed by atoms with Crippen molar-refractivity contribution in [3.05, 3.63) is 29.3 Å². The van der Waals surface area contributed by atoms with Crippen molar-refractivity contribution in [3.8, 4) is 5.75 Å². The summed E-state index contributed by atoms with van der Waals surface area (Å²) >= 11 is 0. The van der Waals surface area contributed by atoms with Crippen LogP contribution in [0.3, 0.4) is 0 Å². The Morgan fingerprint density at radius 3 is 2.43 bits per heavy atom. The summed E-state index contributed by atoms with van der Waals surface area (Å²) in [7, 11) is 0. The zero-order chi connectivity index (χ0) is 10.6. The molecule has 1 aromatic carbocycles. The fourth-order valence-electron chi connectivity index (χ4n) is 1.27. The first-order chi connectivity index (χ1) is 6.65. The van der Waals surface area contributed by atoms with Gasteiger partial charge in [0.15, 0.2) is 0 Å². The summed E-state index contributed by atoms with van der Waals surface area (Å²) in [5, 5.41) is 8.62. The van der Waals surface area contributed by atoms with Crippen molar-refractivity contribution in [2.24, 2.45) is 0 Å². The molecule has 78 valence electrons. The van der Waals surface area contributed by atoms with Gasteiger partial charge in [0.1, 0.15) is 12.4 Å². The van der Waals surface area contributed by atoms with Crippen molar-refractivity contribution in [3.63, 3.8) is 0 Å². The smallest absolute Gasteiger partial charge is 0.125 e. The van der Waals surface area contributed by atoms with Crippen LogP contribution in [0.25, 0.3) is 0 Å². The predicted octanol–water partition coefficient (Wildman–Crippen LogP) is 2.05. The van der Waals surface area contributed by atoms with Crippen molar-refractivity contribution >= 4 is 0 Å². The Morgan fingerprint density at radius 2 is 1.93 bits per heavy atom. The third-order valence-electron chi connectivity index (χ3n) is 2.11. The van der Waals surface area contributed by atoms with E-state index in [-0.39, 0.29) is 6.04 Å². The Balaban J connectivity index is 2.66. The topological polar surface area (TPSA) is 41.5 Å². The summed E-state index contributed by atoms with van der Waals surface area (Å²) < 4.78 is 5.60. The monoisotopic (exact) mass is 195 g/mol. The number of para-hydroxylation sites is 1. The van der Waals surface area contributed by atoms with Gasteiger partial charge in [0.2, 0.25) is 0 Å². The Hall–Kier alpha value is -1.06. The first kappa shape index (κ1) is 11.0. The van der Waals surface area contributed by atoms with E-state index in [0.717, 1.165) is 16.9 Å². The molecule has 0 radical (unpaired) electrons. The average molecular weight is 195 g/mol. The van der Waals surface area contributed by atoms with Gasteiger partial charge in [-0.25, -0.2) is 0 Å². The molecule has 0 heterocycles. The van der Waals surface area contributed by atoms with E-state index in [9.17, 15) is 0 Å². The van der Waals surface area contributed by atoms with E-state index in [4.69, 9.17) is 9.94 Å². The third-order valence-corrected chi connectivity index (χ3v) is 2.11. The van der Waals surface area contributed by atoms with Crippen LogP contribution < -0.4 is 10.2 Å². The Bertz CT molecular complexity index is 279. The maximum atomic E-state index is 8.62. The quantitative estimate of drug-likeness (QED) is 0.722. The lowest BCUT2D eigenvalue weighted by atomic mass is 10.1. The zero-order valence-corrected chi connectivity index (χ0v) is 8.87. The van der Waals surface area contributed by atoms with Crippen molar-refractivity contribution in [1.29, 1.82) is 0 Å². The maximum Gasteiger partial charge on any atom is 0.125 e. The van der Waals surface area contributed by atoms with Crippen molar-refractivity contribution < 1.29 is 9.94 Å². The first-order valence-electron chi connectivity index (χ1n) is 4.73. The van der Waals surface area contributed by atoms with Gasteiger partial charge in [-0.2, -0.15) is 5.48 Å². The molecule has 0 amide bonds. The molecular weight excluding hydrogens is 178 g/mol. The summed E-state index contributed by atoms with van der Waals surface area (Å²) in [6.45, 7) is 6.34. The Kier molecular flexibility index (Phi) is 3.92. The van der Waals surface area contributed by atoms with Crippen LogP contribution in [0.4, 0.5) is 0 Å². The van der Waals surface area contributed by atoms with Crippen molar-refractivity contribution in [2.45, 2.75) is 26.8 Å². The molecule has 0 aliphatic carbocycles. The molecule has 0 saturated carbocycles. The van der Waals surface area contributed by atoms with E-state index in [1.807, 2.05) is 39.0 Å². The van der Waals surface area contributed by atoms with Crippen LogP contribution in [-0.2, 0) is 0 Å². The van der Waals surface area contributed by atoms with Crippen LogP contribution in [0, 0.1) is 13.8 Å². The number of rotatable bonds is 4. The molecule has 1 unspecified atom stereocenters. The number of hydroxylamine groups is 1. The van der Waals surface area contributed by atoms with Gasteiger partial charge in [-0.1, -0.05) is 18.2 Å². The summed E-state index contributed by atoms with van der Waals surface area (Å²) in [4.78, 5) is 0. The van der Waals surface area contributed by atoms with Gasteiger partial charge in [0.05, 0.1) is 6.04 Å². The lowest BCUT2D eigenvalue weighted by molar-refractivity contribution is 0.105. The third kappa shape index (κ3) is 2.72. The van der Waals surface area contributed by atoms with Crippen LogP contribution in [0.2, 0.25) is 0 Å². The normalized spacial score (nSPS) is 12.6. The van der Waals surface area contributed by atoms with E-state index < -0.39 is 0 Å². The molecular formula is C11H17NO2. The molecule has 3 heteroatoms. The van der Waals surface area contributed by atoms with E-state index in [1.165, 1.54) is 0 Å². The summed E-state index contributed by atoms with van der Waals surface area (Å²) in [5.74, 6) is 0.912. The minimum atomic E-state index is -0.0611. The second kappa shape index (κ2) is 4.98. The molecule has 2 N–H and O–H groups in total. The second-order valence-corrected chi connectivity index (χ2v) is 3.56. The fraction of sp³-hybridized carbons (Fsp3) is 0.455. The molecule has 14 heavy (non-hydrogen) atoms. The number of hydrogen-bond donors (Lipinski definition) is 2. The summed E-state index contributed by atoms with van der Waals surface area (Å²) in [6.07, 6.45) is 0. The van der Waals surface area contributed by atoms with Gasteiger partial charge < -0.3 is 9.94 Å². The second-order valence-electron chi connectivity index (χ2n) is 3.56. The van der Waals surface area contributed by atoms with Crippen LogP contribution in [-0.4, -0.2) is 17.9 Å². The van der Waals surface area contributed by atoms with E-state index in [1.54, 1.807) is 0 Å². The van der Waals surface area contributed by atoms with E-state index in [2.05, 4.69) is 5.48 Å². The SMILES string of the molecule is Cc1cccc(C)c1OCC(C)NO. The minimum absolute atomic E-state index is 0.0611. The molecule has 0 aliphatic rings. The molecule has 0 bridgehead atoms.